The van der Waals surface area contributed by atoms with Crippen molar-refractivity contribution in [1.29, 1.82) is 0 Å². The van der Waals surface area contributed by atoms with Gasteiger partial charge in [0.2, 0.25) is 0 Å². The second kappa shape index (κ2) is 4.34. The molecule has 2 N–H and O–H groups in total. The van der Waals surface area contributed by atoms with Crippen molar-refractivity contribution < 1.29 is 4.74 Å². The summed E-state index contributed by atoms with van der Waals surface area (Å²) in [6.07, 6.45) is 1.01. The number of halogens is 1. The topological polar surface area (TPSA) is 35.2 Å². The highest BCUT2D eigenvalue weighted by Crippen LogP contribution is 2.47. The zero-order chi connectivity index (χ0) is 12.8. The summed E-state index contributed by atoms with van der Waals surface area (Å²) in [6.45, 7) is 8.58. The van der Waals surface area contributed by atoms with Gasteiger partial charge >= 0.3 is 0 Å². The van der Waals surface area contributed by atoms with E-state index in [-0.39, 0.29) is 17.2 Å². The third-order valence-electron chi connectivity index (χ3n) is 3.50. The molecular weight excluding hydrogens is 298 g/mol. The van der Waals surface area contributed by atoms with Crippen molar-refractivity contribution >= 4 is 27.3 Å². The van der Waals surface area contributed by atoms with E-state index in [0.717, 1.165) is 10.2 Å². The Morgan fingerprint density at radius 2 is 2.06 bits per heavy atom. The molecule has 2 rings (SSSR count). The Morgan fingerprint density at radius 1 is 1.41 bits per heavy atom. The van der Waals surface area contributed by atoms with Gasteiger partial charge in [-0.15, -0.1) is 11.3 Å². The van der Waals surface area contributed by atoms with E-state index >= 15 is 0 Å². The summed E-state index contributed by atoms with van der Waals surface area (Å²) >= 11 is 5.21. The van der Waals surface area contributed by atoms with Crippen LogP contribution in [-0.4, -0.2) is 11.2 Å². The number of thiophene rings is 1. The number of rotatable bonds is 2. The standard InChI is InChI=1S/C13H20BrNOS/c1-12(2)7-8(13(3,4)16-12)11(15)9-5-6-10(14)17-9/h5-6,8,11H,7,15H2,1-4H3. The van der Waals surface area contributed by atoms with Crippen LogP contribution in [0.4, 0.5) is 0 Å². The molecule has 0 amide bonds. The van der Waals surface area contributed by atoms with E-state index in [2.05, 4.69) is 55.8 Å². The summed E-state index contributed by atoms with van der Waals surface area (Å²) in [5.74, 6) is 0.364. The van der Waals surface area contributed by atoms with Crippen LogP contribution in [0.25, 0.3) is 0 Å². The van der Waals surface area contributed by atoms with Gasteiger partial charge in [-0.05, 0) is 62.2 Å². The van der Waals surface area contributed by atoms with Gasteiger partial charge in [-0.1, -0.05) is 0 Å². The summed E-state index contributed by atoms with van der Waals surface area (Å²) in [7, 11) is 0. The molecule has 1 aliphatic rings. The van der Waals surface area contributed by atoms with Gasteiger partial charge in [0, 0.05) is 16.8 Å². The first-order chi connectivity index (χ1) is 7.71. The Kier molecular flexibility index (Phi) is 3.45. The highest BCUT2D eigenvalue weighted by atomic mass is 79.9. The van der Waals surface area contributed by atoms with E-state index < -0.39 is 0 Å². The summed E-state index contributed by atoms with van der Waals surface area (Å²) in [5, 5.41) is 0. The molecule has 96 valence electrons. The van der Waals surface area contributed by atoms with Crippen LogP contribution in [0.5, 0.6) is 0 Å². The first kappa shape index (κ1) is 13.5. The highest BCUT2D eigenvalue weighted by Gasteiger charge is 2.48. The predicted molar refractivity (Wildman–Crippen MR) is 76.3 cm³/mol. The van der Waals surface area contributed by atoms with Gasteiger partial charge in [0.25, 0.3) is 0 Å². The lowest BCUT2D eigenvalue weighted by Crippen LogP contribution is -2.35. The summed E-state index contributed by atoms with van der Waals surface area (Å²) < 4.78 is 7.25. The van der Waals surface area contributed by atoms with Crippen molar-refractivity contribution in [2.75, 3.05) is 0 Å². The van der Waals surface area contributed by atoms with Crippen molar-refractivity contribution in [3.63, 3.8) is 0 Å². The summed E-state index contributed by atoms with van der Waals surface area (Å²) in [4.78, 5) is 1.23. The molecule has 4 heteroatoms. The molecule has 1 saturated heterocycles. The second-order valence-electron chi connectivity index (χ2n) is 5.94. The van der Waals surface area contributed by atoms with Gasteiger partial charge in [0.05, 0.1) is 15.0 Å². The van der Waals surface area contributed by atoms with E-state index in [9.17, 15) is 0 Å². The Balaban J connectivity index is 2.23. The molecule has 2 heterocycles. The van der Waals surface area contributed by atoms with Crippen LogP contribution in [0.2, 0.25) is 0 Å². The first-order valence-corrected chi connectivity index (χ1v) is 7.53. The Labute approximate surface area is 116 Å². The Bertz CT molecular complexity index is 413. The van der Waals surface area contributed by atoms with E-state index in [1.807, 2.05) is 0 Å². The molecule has 1 aromatic rings. The smallest absolute Gasteiger partial charge is 0.0701 e. The minimum Gasteiger partial charge on any atom is -0.369 e. The highest BCUT2D eigenvalue weighted by molar-refractivity contribution is 9.11. The zero-order valence-electron chi connectivity index (χ0n) is 10.8. The minimum atomic E-state index is -0.153. The molecule has 17 heavy (non-hydrogen) atoms. The maximum Gasteiger partial charge on any atom is 0.0701 e. The fourth-order valence-corrected chi connectivity index (χ4v) is 4.36. The fraction of sp³-hybridized carbons (Fsp3) is 0.692. The normalized spacial score (nSPS) is 28.2. The average Bonchev–Trinajstić information content (AvgIpc) is 2.66. The van der Waals surface area contributed by atoms with Crippen LogP contribution >= 0.6 is 27.3 Å². The Hall–Kier alpha value is 0.1000. The summed E-state index contributed by atoms with van der Waals surface area (Å²) in [5.41, 5.74) is 6.20. The maximum absolute atomic E-state index is 6.42. The second-order valence-corrected chi connectivity index (χ2v) is 8.44. The van der Waals surface area contributed by atoms with Gasteiger partial charge < -0.3 is 10.5 Å². The van der Waals surface area contributed by atoms with Crippen molar-refractivity contribution in [3.05, 3.63) is 20.8 Å². The molecule has 0 aromatic carbocycles. The number of nitrogens with two attached hydrogens (primary N) is 1. The lowest BCUT2D eigenvalue weighted by atomic mass is 9.81. The van der Waals surface area contributed by atoms with Gasteiger partial charge in [0.15, 0.2) is 0 Å². The number of hydrogen-bond acceptors (Lipinski definition) is 3. The van der Waals surface area contributed by atoms with Crippen LogP contribution in [0, 0.1) is 5.92 Å². The summed E-state index contributed by atoms with van der Waals surface area (Å²) in [6, 6.07) is 4.23. The first-order valence-electron chi connectivity index (χ1n) is 5.92. The van der Waals surface area contributed by atoms with Crippen LogP contribution in [-0.2, 0) is 4.74 Å². The Morgan fingerprint density at radius 3 is 2.47 bits per heavy atom. The molecule has 0 spiro atoms. The predicted octanol–water partition coefficient (Wildman–Crippen LogP) is 4.10. The molecule has 1 fully saturated rings. The molecule has 0 radical (unpaired) electrons. The maximum atomic E-state index is 6.42. The van der Waals surface area contributed by atoms with E-state index in [1.165, 1.54) is 4.88 Å². The molecule has 2 nitrogen and oxygen atoms in total. The van der Waals surface area contributed by atoms with Crippen LogP contribution < -0.4 is 5.73 Å². The molecule has 1 aliphatic heterocycles. The van der Waals surface area contributed by atoms with Gasteiger partial charge in [0.1, 0.15) is 0 Å². The molecule has 0 aliphatic carbocycles. The van der Waals surface area contributed by atoms with Gasteiger partial charge in [-0.3, -0.25) is 0 Å². The van der Waals surface area contributed by atoms with E-state index in [0.29, 0.717) is 5.92 Å². The monoisotopic (exact) mass is 317 g/mol. The quantitative estimate of drug-likeness (QED) is 0.891. The van der Waals surface area contributed by atoms with Crippen molar-refractivity contribution in [2.24, 2.45) is 11.7 Å². The van der Waals surface area contributed by atoms with Crippen LogP contribution in [0.3, 0.4) is 0 Å². The number of hydrogen-bond donors (Lipinski definition) is 1. The lowest BCUT2D eigenvalue weighted by molar-refractivity contribution is -0.0766. The van der Waals surface area contributed by atoms with Crippen molar-refractivity contribution in [3.8, 4) is 0 Å². The molecule has 0 bridgehead atoms. The van der Waals surface area contributed by atoms with E-state index in [1.54, 1.807) is 11.3 Å². The van der Waals surface area contributed by atoms with Crippen LogP contribution in [0.15, 0.2) is 15.9 Å². The van der Waals surface area contributed by atoms with Crippen molar-refractivity contribution in [2.45, 2.75) is 51.4 Å². The molecule has 0 saturated carbocycles. The average molecular weight is 318 g/mol. The third-order valence-corrected chi connectivity index (χ3v) is 5.22. The molecular formula is C13H20BrNOS. The van der Waals surface area contributed by atoms with Crippen LogP contribution in [0.1, 0.15) is 45.0 Å². The fourth-order valence-electron chi connectivity index (χ4n) is 2.87. The third kappa shape index (κ3) is 2.75. The minimum absolute atomic E-state index is 0.0584. The van der Waals surface area contributed by atoms with Gasteiger partial charge in [-0.25, -0.2) is 0 Å². The van der Waals surface area contributed by atoms with Crippen molar-refractivity contribution in [1.82, 2.24) is 0 Å². The molecule has 1 aromatic heterocycles. The molecule has 2 atom stereocenters. The SMILES string of the molecule is CC1(C)CC(C(N)c2ccc(Br)s2)C(C)(C)O1. The zero-order valence-corrected chi connectivity index (χ0v) is 13.2. The lowest BCUT2D eigenvalue weighted by Gasteiger charge is -2.30. The largest absolute Gasteiger partial charge is 0.369 e. The van der Waals surface area contributed by atoms with E-state index in [4.69, 9.17) is 10.5 Å². The number of ether oxygens (including phenoxy) is 1. The van der Waals surface area contributed by atoms with Gasteiger partial charge in [-0.2, -0.15) is 0 Å². The molecule has 2 unspecified atom stereocenters.